The van der Waals surface area contributed by atoms with Crippen molar-refractivity contribution in [3.63, 3.8) is 0 Å². The lowest BCUT2D eigenvalue weighted by Gasteiger charge is -2.04. The number of hydrogen-bond donors (Lipinski definition) is 0. The monoisotopic (exact) mass is 234 g/mol. The van der Waals surface area contributed by atoms with E-state index in [-0.39, 0.29) is 0 Å². The number of aromatic nitrogens is 2. The van der Waals surface area contributed by atoms with Gasteiger partial charge in [0.1, 0.15) is 5.65 Å². The third-order valence-corrected chi connectivity index (χ3v) is 2.33. The van der Waals surface area contributed by atoms with Crippen LogP contribution in [-0.2, 0) is 7.05 Å². The van der Waals surface area contributed by atoms with E-state index in [0.717, 1.165) is 11.3 Å². The first-order valence-electron chi connectivity index (χ1n) is 6.60. The molecule has 0 unspecified atom stereocenters. The summed E-state index contributed by atoms with van der Waals surface area (Å²) in [6, 6.07) is 6.33. The van der Waals surface area contributed by atoms with E-state index in [0.29, 0.717) is 5.92 Å². The van der Waals surface area contributed by atoms with Crippen LogP contribution in [-0.4, -0.2) is 9.55 Å². The summed E-state index contributed by atoms with van der Waals surface area (Å²) in [6.45, 7) is 12.3. The van der Waals surface area contributed by atoms with E-state index >= 15 is 0 Å². The summed E-state index contributed by atoms with van der Waals surface area (Å²) in [4.78, 5) is 4.60. The summed E-state index contributed by atoms with van der Waals surface area (Å²) < 4.78 is 2.06. The first kappa shape index (κ1) is 15.7. The minimum atomic E-state index is 0.499. The van der Waals surface area contributed by atoms with E-state index in [2.05, 4.69) is 41.6 Å². The van der Waals surface area contributed by atoms with Crippen LogP contribution >= 0.6 is 0 Å². The molecular formula is C15H26N2. The largest absolute Gasteiger partial charge is 0.336 e. The van der Waals surface area contributed by atoms with Gasteiger partial charge in [-0.1, -0.05) is 41.5 Å². The molecule has 0 aliphatic carbocycles. The summed E-state index contributed by atoms with van der Waals surface area (Å²) in [5, 5.41) is 1.21. The maximum atomic E-state index is 4.60. The van der Waals surface area contributed by atoms with E-state index in [1.807, 2.05) is 40.9 Å². The van der Waals surface area contributed by atoms with Crippen LogP contribution in [0, 0.1) is 0 Å². The molecule has 2 nitrogen and oxygen atoms in total. The average molecular weight is 234 g/mol. The van der Waals surface area contributed by atoms with Gasteiger partial charge in [0.25, 0.3) is 0 Å². The Morgan fingerprint density at radius 1 is 1.00 bits per heavy atom. The highest BCUT2D eigenvalue weighted by Crippen LogP contribution is 2.17. The molecule has 96 valence electrons. The van der Waals surface area contributed by atoms with Crippen LogP contribution in [0.2, 0.25) is 0 Å². The highest BCUT2D eigenvalue weighted by atomic mass is 15.0. The van der Waals surface area contributed by atoms with E-state index in [1.165, 1.54) is 5.39 Å². The first-order valence-corrected chi connectivity index (χ1v) is 6.60. The van der Waals surface area contributed by atoms with Crippen molar-refractivity contribution in [1.29, 1.82) is 0 Å². The second-order valence-corrected chi connectivity index (χ2v) is 3.73. The Kier molecular flexibility index (Phi) is 7.27. The summed E-state index contributed by atoms with van der Waals surface area (Å²) in [6.07, 6.45) is 2.04. The Hall–Kier alpha value is -1.31. The molecule has 0 amide bonds. The fraction of sp³-hybridized carbons (Fsp3) is 0.533. The molecule has 2 heteroatoms. The predicted molar refractivity (Wildman–Crippen MR) is 77.5 cm³/mol. The zero-order valence-electron chi connectivity index (χ0n) is 12.3. The lowest BCUT2D eigenvalue weighted by atomic mass is 10.1. The zero-order valence-corrected chi connectivity index (χ0v) is 12.3. The van der Waals surface area contributed by atoms with Gasteiger partial charge in [-0.25, -0.2) is 4.98 Å². The molecule has 0 aliphatic rings. The molecule has 2 aromatic heterocycles. The second kappa shape index (κ2) is 7.88. The first-order chi connectivity index (χ1) is 8.18. The maximum Gasteiger partial charge on any atom is 0.139 e. The van der Waals surface area contributed by atoms with Crippen LogP contribution in [0.4, 0.5) is 0 Å². The number of rotatable bonds is 1. The van der Waals surface area contributed by atoms with Crippen molar-refractivity contribution in [1.82, 2.24) is 9.55 Å². The smallest absolute Gasteiger partial charge is 0.139 e. The van der Waals surface area contributed by atoms with Crippen LogP contribution in [0.5, 0.6) is 0 Å². The van der Waals surface area contributed by atoms with Gasteiger partial charge in [0.05, 0.1) is 0 Å². The normalized spacial score (nSPS) is 9.41. The molecule has 0 atom stereocenters. The Morgan fingerprint density at radius 3 is 2.12 bits per heavy atom. The van der Waals surface area contributed by atoms with Crippen LogP contribution in [0.25, 0.3) is 11.0 Å². The quantitative estimate of drug-likeness (QED) is 0.696. The van der Waals surface area contributed by atoms with Gasteiger partial charge in [-0.15, -0.1) is 0 Å². The van der Waals surface area contributed by atoms with E-state index in [9.17, 15) is 0 Å². The van der Waals surface area contributed by atoms with Gasteiger partial charge < -0.3 is 4.57 Å². The molecule has 0 saturated carbocycles. The third kappa shape index (κ3) is 3.88. The molecule has 0 bridgehead atoms. The highest BCUT2D eigenvalue weighted by molar-refractivity contribution is 5.76. The van der Waals surface area contributed by atoms with Crippen molar-refractivity contribution < 1.29 is 0 Å². The topological polar surface area (TPSA) is 17.8 Å². The number of fused-ring (bicyclic) bond motifs is 1. The molecule has 0 aromatic carbocycles. The summed E-state index contributed by atoms with van der Waals surface area (Å²) >= 11 is 0. The molecule has 2 aromatic rings. The molecule has 2 rings (SSSR count). The standard InChI is InChI=1S/C11H14N2.2C2H6/c1-8(2)10-5-4-9-6-7-13(3)11(9)12-10;2*1-2/h4-8H,1-3H3;2*1-2H3. The van der Waals surface area contributed by atoms with Crippen LogP contribution < -0.4 is 0 Å². The number of pyridine rings is 1. The SMILES string of the molecule is CC.CC.CC(C)c1ccc2ccn(C)c2n1. The number of hydrogen-bond acceptors (Lipinski definition) is 1. The van der Waals surface area contributed by atoms with Gasteiger partial charge in [0, 0.05) is 24.3 Å². The van der Waals surface area contributed by atoms with Gasteiger partial charge in [-0.05, 0) is 24.1 Å². The van der Waals surface area contributed by atoms with Crippen LogP contribution in [0.15, 0.2) is 24.4 Å². The molecule has 0 radical (unpaired) electrons. The van der Waals surface area contributed by atoms with Gasteiger partial charge in [-0.2, -0.15) is 0 Å². The van der Waals surface area contributed by atoms with Gasteiger partial charge in [-0.3, -0.25) is 0 Å². The lowest BCUT2D eigenvalue weighted by Crippen LogP contribution is -1.95. The van der Waals surface area contributed by atoms with E-state index in [1.54, 1.807) is 0 Å². The molecule has 2 heterocycles. The Morgan fingerprint density at radius 2 is 1.59 bits per heavy atom. The van der Waals surface area contributed by atoms with Crippen LogP contribution in [0.3, 0.4) is 0 Å². The Balaban J connectivity index is 0.000000581. The van der Waals surface area contributed by atoms with Gasteiger partial charge in [0.2, 0.25) is 0 Å². The third-order valence-electron chi connectivity index (χ3n) is 2.33. The summed E-state index contributed by atoms with van der Waals surface area (Å²) in [5.41, 5.74) is 2.24. The molecule has 0 N–H and O–H groups in total. The number of aryl methyl sites for hydroxylation is 1. The lowest BCUT2D eigenvalue weighted by molar-refractivity contribution is 0.820. The number of nitrogens with zero attached hydrogens (tertiary/aromatic N) is 2. The highest BCUT2D eigenvalue weighted by Gasteiger charge is 2.03. The molecule has 0 saturated heterocycles. The molecular weight excluding hydrogens is 208 g/mol. The fourth-order valence-electron chi connectivity index (χ4n) is 1.47. The van der Waals surface area contributed by atoms with E-state index in [4.69, 9.17) is 0 Å². The molecule has 0 spiro atoms. The Labute approximate surface area is 106 Å². The van der Waals surface area contributed by atoms with Crippen molar-refractivity contribution in [2.45, 2.75) is 47.5 Å². The van der Waals surface area contributed by atoms with Gasteiger partial charge in [0.15, 0.2) is 0 Å². The second-order valence-electron chi connectivity index (χ2n) is 3.73. The van der Waals surface area contributed by atoms with Gasteiger partial charge >= 0.3 is 0 Å². The van der Waals surface area contributed by atoms with Crippen LogP contribution in [0.1, 0.15) is 53.2 Å². The molecule has 0 aliphatic heterocycles. The van der Waals surface area contributed by atoms with Crippen molar-refractivity contribution in [2.24, 2.45) is 7.05 Å². The minimum absolute atomic E-state index is 0.499. The maximum absolute atomic E-state index is 4.60. The molecule has 17 heavy (non-hydrogen) atoms. The Bertz CT molecular complexity index is 427. The zero-order chi connectivity index (χ0) is 13.4. The predicted octanol–water partition coefficient (Wildman–Crippen LogP) is 4.75. The summed E-state index contributed by atoms with van der Waals surface area (Å²) in [5.74, 6) is 0.499. The average Bonchev–Trinajstić information content (AvgIpc) is 2.75. The van der Waals surface area contributed by atoms with Crippen molar-refractivity contribution >= 4 is 11.0 Å². The summed E-state index contributed by atoms with van der Waals surface area (Å²) in [7, 11) is 2.03. The van der Waals surface area contributed by atoms with E-state index < -0.39 is 0 Å². The fourth-order valence-corrected chi connectivity index (χ4v) is 1.47. The minimum Gasteiger partial charge on any atom is -0.336 e. The van der Waals surface area contributed by atoms with Crippen molar-refractivity contribution in [3.8, 4) is 0 Å². The van der Waals surface area contributed by atoms with Crippen molar-refractivity contribution in [3.05, 3.63) is 30.1 Å². The molecule has 0 fully saturated rings. The van der Waals surface area contributed by atoms with Crippen molar-refractivity contribution in [2.75, 3.05) is 0 Å².